The van der Waals surface area contributed by atoms with Gasteiger partial charge >= 0.3 is 6.36 Å². The summed E-state index contributed by atoms with van der Waals surface area (Å²) in [7, 11) is 0. The van der Waals surface area contributed by atoms with Crippen LogP contribution in [0.4, 0.5) is 13.2 Å². The number of amides is 1. The van der Waals surface area contributed by atoms with Crippen LogP contribution in [0.3, 0.4) is 0 Å². The van der Waals surface area contributed by atoms with Gasteiger partial charge in [-0.3, -0.25) is 4.79 Å². The Balaban J connectivity index is 1.48. The Bertz CT molecular complexity index is 1060. The molecule has 0 spiro atoms. The van der Waals surface area contributed by atoms with E-state index >= 15 is 0 Å². The van der Waals surface area contributed by atoms with E-state index in [0.717, 1.165) is 25.9 Å². The minimum Gasteiger partial charge on any atom is -0.406 e. The summed E-state index contributed by atoms with van der Waals surface area (Å²) < 4.78 is 42.4. The van der Waals surface area contributed by atoms with E-state index in [0.29, 0.717) is 28.5 Å². The smallest absolute Gasteiger partial charge is 0.406 e. The van der Waals surface area contributed by atoms with Gasteiger partial charge in [0.15, 0.2) is 0 Å². The van der Waals surface area contributed by atoms with Crippen LogP contribution in [-0.4, -0.2) is 57.6 Å². The molecule has 1 atom stereocenters. The third kappa shape index (κ3) is 5.10. The highest BCUT2D eigenvalue weighted by atomic mass is 32.1. The van der Waals surface area contributed by atoms with Crippen molar-refractivity contribution in [1.82, 2.24) is 25.0 Å². The Hall–Kier alpha value is -2.92. The molecule has 4 rings (SSSR count). The van der Waals surface area contributed by atoms with Crippen LogP contribution in [0.25, 0.3) is 16.3 Å². The number of alkyl halides is 3. The Morgan fingerprint density at radius 2 is 2.12 bits per heavy atom. The van der Waals surface area contributed by atoms with E-state index < -0.39 is 6.36 Å². The van der Waals surface area contributed by atoms with Gasteiger partial charge in [0.2, 0.25) is 0 Å². The molecule has 0 aliphatic carbocycles. The minimum atomic E-state index is -4.73. The van der Waals surface area contributed by atoms with Crippen molar-refractivity contribution in [3.63, 3.8) is 0 Å². The summed E-state index contributed by atoms with van der Waals surface area (Å²) in [6, 6.07) is 5.59. The van der Waals surface area contributed by atoms with Crippen LogP contribution in [0.2, 0.25) is 0 Å². The van der Waals surface area contributed by atoms with E-state index in [9.17, 15) is 18.0 Å². The zero-order valence-electron chi connectivity index (χ0n) is 17.3. The molecule has 0 saturated carbocycles. The fourth-order valence-corrected chi connectivity index (χ4v) is 4.39. The average Bonchev–Trinajstić information content (AvgIpc) is 3.52. The Kier molecular flexibility index (Phi) is 6.47. The number of rotatable bonds is 7. The molecule has 3 aromatic rings. The van der Waals surface area contributed by atoms with E-state index in [-0.39, 0.29) is 17.7 Å². The van der Waals surface area contributed by atoms with Gasteiger partial charge in [0, 0.05) is 36.3 Å². The lowest BCUT2D eigenvalue weighted by molar-refractivity contribution is -0.274. The van der Waals surface area contributed by atoms with Crippen LogP contribution >= 0.6 is 11.3 Å². The molecule has 0 unspecified atom stereocenters. The molecule has 0 bridgehead atoms. The summed E-state index contributed by atoms with van der Waals surface area (Å²) in [4.78, 5) is 19.5. The first kappa shape index (κ1) is 22.3. The van der Waals surface area contributed by atoms with Crippen molar-refractivity contribution in [3.05, 3.63) is 47.7 Å². The maximum absolute atomic E-state index is 13.1. The first-order valence-electron chi connectivity index (χ1n) is 10.2. The molecule has 1 aliphatic rings. The quantitative estimate of drug-likeness (QED) is 0.569. The maximum atomic E-state index is 13.1. The van der Waals surface area contributed by atoms with Crippen LogP contribution in [0.1, 0.15) is 30.3 Å². The van der Waals surface area contributed by atoms with Gasteiger partial charge in [-0.2, -0.15) is 5.10 Å². The lowest BCUT2D eigenvalue weighted by Crippen LogP contribution is -2.42. The first-order valence-corrected chi connectivity index (χ1v) is 11.1. The molecule has 1 aromatic carbocycles. The monoisotopic (exact) mass is 465 g/mol. The zero-order chi connectivity index (χ0) is 22.7. The molecule has 1 aliphatic heterocycles. The van der Waals surface area contributed by atoms with Crippen LogP contribution in [-0.2, 0) is 0 Å². The maximum Gasteiger partial charge on any atom is 0.573 e. The molecule has 7 nitrogen and oxygen atoms in total. The number of carbonyl (C=O) groups excluding carboxylic acids is 1. The molecular formula is C21H22F3N5O2S. The molecule has 1 saturated heterocycles. The van der Waals surface area contributed by atoms with Gasteiger partial charge in [-0.1, -0.05) is 6.92 Å². The number of hydrogen-bond acceptors (Lipinski definition) is 6. The second-order valence-electron chi connectivity index (χ2n) is 7.40. The van der Waals surface area contributed by atoms with Gasteiger partial charge in [-0.25, -0.2) is 9.67 Å². The molecule has 3 heterocycles. The average molecular weight is 466 g/mol. The van der Waals surface area contributed by atoms with Crippen molar-refractivity contribution in [3.8, 4) is 22.0 Å². The van der Waals surface area contributed by atoms with Gasteiger partial charge in [-0.15, -0.1) is 24.5 Å². The Morgan fingerprint density at radius 3 is 2.78 bits per heavy atom. The van der Waals surface area contributed by atoms with E-state index in [1.165, 1.54) is 40.3 Å². The lowest BCUT2D eigenvalue weighted by atomic mass is 10.2. The van der Waals surface area contributed by atoms with E-state index in [2.05, 4.69) is 20.1 Å². The second-order valence-corrected chi connectivity index (χ2v) is 8.26. The van der Waals surface area contributed by atoms with Crippen molar-refractivity contribution in [1.29, 1.82) is 0 Å². The van der Waals surface area contributed by atoms with Crippen molar-refractivity contribution >= 4 is 17.2 Å². The number of hydrogen-bond donors (Lipinski definition) is 1. The minimum absolute atomic E-state index is 0.0734. The molecule has 1 fully saturated rings. The summed E-state index contributed by atoms with van der Waals surface area (Å²) >= 11 is 1.35. The number of nitrogens with one attached hydrogen (secondary N) is 1. The highest BCUT2D eigenvalue weighted by Crippen LogP contribution is 2.27. The number of carbonyl (C=O) groups is 1. The third-order valence-corrected chi connectivity index (χ3v) is 5.98. The van der Waals surface area contributed by atoms with Gasteiger partial charge in [0.05, 0.1) is 11.9 Å². The highest BCUT2D eigenvalue weighted by molar-refractivity contribution is 7.13. The van der Waals surface area contributed by atoms with Crippen molar-refractivity contribution in [2.45, 2.75) is 32.2 Å². The van der Waals surface area contributed by atoms with Crippen molar-refractivity contribution in [2.24, 2.45) is 0 Å². The van der Waals surface area contributed by atoms with Crippen LogP contribution < -0.4 is 10.1 Å². The summed E-state index contributed by atoms with van der Waals surface area (Å²) in [5.41, 5.74) is 1.70. The highest BCUT2D eigenvalue weighted by Gasteiger charge is 2.31. The van der Waals surface area contributed by atoms with Crippen LogP contribution in [0, 0.1) is 0 Å². The number of aromatic nitrogens is 3. The van der Waals surface area contributed by atoms with Crippen LogP contribution in [0.5, 0.6) is 5.75 Å². The summed E-state index contributed by atoms with van der Waals surface area (Å²) in [6.07, 6.45) is 0.401. The van der Waals surface area contributed by atoms with E-state index in [4.69, 9.17) is 0 Å². The number of benzene rings is 1. The largest absolute Gasteiger partial charge is 0.573 e. The standard InChI is InChI=1S/C21H22F3N5O2S/c1-2-9-28(16-7-8-25-11-16)20(30)18-13-32-19(27-18)14-10-26-29(12-14)15-3-5-17(6-4-15)31-21(22,23)24/h3-6,10,12-13,16,25H,2,7-9,11H2,1H3/t16-/m0/s1. The molecule has 11 heteroatoms. The predicted octanol–water partition coefficient (Wildman–Crippen LogP) is 4.11. The van der Waals surface area contributed by atoms with Gasteiger partial charge < -0.3 is 15.0 Å². The van der Waals surface area contributed by atoms with Crippen molar-refractivity contribution < 1.29 is 22.7 Å². The molecule has 0 radical (unpaired) electrons. The number of nitrogens with zero attached hydrogens (tertiary/aromatic N) is 4. The molecule has 1 amide bonds. The molecule has 1 N–H and O–H groups in total. The normalized spacial score (nSPS) is 16.3. The molecule has 170 valence electrons. The lowest BCUT2D eigenvalue weighted by Gasteiger charge is -2.27. The third-order valence-electron chi connectivity index (χ3n) is 5.09. The SMILES string of the molecule is CCCN(C(=O)c1csc(-c2cnn(-c3ccc(OC(F)(F)F)cc3)c2)n1)[C@H]1CCNC1. The topological polar surface area (TPSA) is 72.3 Å². The van der Waals surface area contributed by atoms with E-state index in [1.54, 1.807) is 17.8 Å². The van der Waals surface area contributed by atoms with E-state index in [1.807, 2.05) is 11.8 Å². The number of halogens is 3. The molecular weight excluding hydrogens is 443 g/mol. The van der Waals surface area contributed by atoms with Gasteiger partial charge in [-0.05, 0) is 43.7 Å². The summed E-state index contributed by atoms with van der Waals surface area (Å²) in [5.74, 6) is -0.374. The molecule has 2 aromatic heterocycles. The fourth-order valence-electron chi connectivity index (χ4n) is 3.62. The zero-order valence-corrected chi connectivity index (χ0v) is 18.1. The van der Waals surface area contributed by atoms with Gasteiger partial charge in [0.1, 0.15) is 16.5 Å². The fraction of sp³-hybridized carbons (Fsp3) is 0.381. The first-order chi connectivity index (χ1) is 15.3. The van der Waals surface area contributed by atoms with Crippen LogP contribution in [0.15, 0.2) is 42.0 Å². The molecule has 32 heavy (non-hydrogen) atoms. The predicted molar refractivity (Wildman–Crippen MR) is 114 cm³/mol. The Morgan fingerprint density at radius 1 is 1.34 bits per heavy atom. The Labute approximate surface area is 186 Å². The van der Waals surface area contributed by atoms with Crippen molar-refractivity contribution in [2.75, 3.05) is 19.6 Å². The number of thiazole rings is 1. The summed E-state index contributed by atoms with van der Waals surface area (Å²) in [5, 5.41) is 9.96. The number of ether oxygens (including phenoxy) is 1. The second kappa shape index (κ2) is 9.29. The van der Waals surface area contributed by atoms with Gasteiger partial charge in [0.25, 0.3) is 5.91 Å². The summed E-state index contributed by atoms with van der Waals surface area (Å²) in [6.45, 7) is 4.43.